The van der Waals surface area contributed by atoms with E-state index in [1.807, 2.05) is 42.5 Å². The van der Waals surface area contributed by atoms with Gasteiger partial charge in [-0.2, -0.15) is 0 Å². The molecule has 0 aliphatic carbocycles. The molecule has 0 N–H and O–H groups in total. The molecule has 1 aliphatic heterocycles. The van der Waals surface area contributed by atoms with E-state index in [1.54, 1.807) is 42.5 Å². The average molecular weight is 509 g/mol. The van der Waals surface area contributed by atoms with E-state index in [0.717, 1.165) is 14.7 Å². The molecule has 0 bridgehead atoms. The zero-order valence-electron chi connectivity index (χ0n) is 15.7. The van der Waals surface area contributed by atoms with Crippen LogP contribution in [0.1, 0.15) is 21.5 Å². The molecular formula is C24H16INO4. The molecule has 148 valence electrons. The molecule has 5 nitrogen and oxygen atoms in total. The van der Waals surface area contributed by atoms with Gasteiger partial charge in [0.25, 0.3) is 0 Å². The first-order valence-electron chi connectivity index (χ1n) is 9.18. The van der Waals surface area contributed by atoms with Crippen molar-refractivity contribution in [2.24, 2.45) is 4.99 Å². The van der Waals surface area contributed by atoms with Crippen molar-refractivity contribution in [3.05, 3.63) is 105 Å². The zero-order valence-corrected chi connectivity index (χ0v) is 17.9. The molecule has 0 aromatic heterocycles. The molecule has 0 radical (unpaired) electrons. The van der Waals surface area contributed by atoms with Gasteiger partial charge in [-0.15, -0.1) is 0 Å². The average Bonchev–Trinajstić information content (AvgIpc) is 3.14. The molecule has 0 unspecified atom stereocenters. The van der Waals surface area contributed by atoms with Gasteiger partial charge in [-0.25, -0.2) is 9.79 Å². The second kappa shape index (κ2) is 9.04. The van der Waals surface area contributed by atoms with Crippen molar-refractivity contribution < 1.29 is 19.1 Å². The minimum atomic E-state index is -0.489. The van der Waals surface area contributed by atoms with Crippen LogP contribution < -0.4 is 4.74 Å². The molecule has 1 aliphatic rings. The molecular weight excluding hydrogens is 493 g/mol. The van der Waals surface area contributed by atoms with Gasteiger partial charge in [0.1, 0.15) is 5.75 Å². The zero-order chi connectivity index (χ0) is 20.9. The van der Waals surface area contributed by atoms with Crippen LogP contribution in [0, 0.1) is 3.57 Å². The number of halogens is 1. The lowest BCUT2D eigenvalue weighted by molar-refractivity contribution is -0.129. The van der Waals surface area contributed by atoms with E-state index < -0.39 is 5.97 Å². The highest BCUT2D eigenvalue weighted by Crippen LogP contribution is 2.21. The van der Waals surface area contributed by atoms with Crippen LogP contribution >= 0.6 is 22.6 Å². The highest BCUT2D eigenvalue weighted by molar-refractivity contribution is 14.1. The van der Waals surface area contributed by atoms with Crippen LogP contribution in [0.5, 0.6) is 5.75 Å². The summed E-state index contributed by atoms with van der Waals surface area (Å²) in [5.41, 5.74) is 2.37. The van der Waals surface area contributed by atoms with Crippen LogP contribution in [0.15, 0.2) is 89.6 Å². The normalized spacial score (nSPS) is 14.4. The number of nitrogens with zero attached hydrogens (tertiary/aromatic N) is 1. The molecule has 1 heterocycles. The maximum absolute atomic E-state index is 12.1. The fraction of sp³-hybridized carbons (Fsp3) is 0.0417. The Hall–Kier alpha value is -3.26. The van der Waals surface area contributed by atoms with Gasteiger partial charge in [0, 0.05) is 14.7 Å². The van der Waals surface area contributed by atoms with Crippen molar-refractivity contribution in [1.82, 2.24) is 0 Å². The minimum Gasteiger partial charge on any atom is -0.485 e. The van der Waals surface area contributed by atoms with Gasteiger partial charge in [-0.3, -0.25) is 4.79 Å². The summed E-state index contributed by atoms with van der Waals surface area (Å²) < 4.78 is 11.9. The van der Waals surface area contributed by atoms with Gasteiger partial charge in [0.05, 0.1) is 0 Å². The van der Waals surface area contributed by atoms with Gasteiger partial charge in [0.2, 0.25) is 5.90 Å². The van der Waals surface area contributed by atoms with E-state index in [4.69, 9.17) is 9.47 Å². The second-order valence-electron chi connectivity index (χ2n) is 6.49. The molecule has 4 rings (SSSR count). The Bertz CT molecular complexity index is 1130. The summed E-state index contributed by atoms with van der Waals surface area (Å²) in [5.74, 6) is 0.283. The maximum atomic E-state index is 12.1. The molecule has 3 aromatic carbocycles. The van der Waals surface area contributed by atoms with Crippen molar-refractivity contribution >= 4 is 46.3 Å². The SMILES string of the molecule is O=C1OC(c2ccc(I)cc2)=N/C1=C\c1ccc(OCC(=O)c2ccccc2)cc1. The Balaban J connectivity index is 1.42. The number of benzene rings is 3. The van der Waals surface area contributed by atoms with Gasteiger partial charge >= 0.3 is 5.97 Å². The molecule has 0 saturated carbocycles. The van der Waals surface area contributed by atoms with Gasteiger partial charge in [-0.1, -0.05) is 42.5 Å². The Kier molecular flexibility index (Phi) is 6.04. The standard InChI is InChI=1S/C24H16INO4/c25-19-10-8-18(9-11-19)23-26-21(24(28)30-23)14-16-6-12-20(13-7-16)29-15-22(27)17-4-2-1-3-5-17/h1-14H,15H2/b21-14-. The number of carbonyl (C=O) groups excluding carboxylic acids is 2. The predicted octanol–water partition coefficient (Wildman–Crippen LogP) is 4.90. The molecule has 0 spiro atoms. The first kappa shape index (κ1) is 20.0. The largest absolute Gasteiger partial charge is 0.485 e. The first-order chi connectivity index (χ1) is 14.6. The van der Waals surface area contributed by atoms with E-state index in [-0.39, 0.29) is 18.1 Å². The van der Waals surface area contributed by atoms with Crippen LogP contribution in [0.25, 0.3) is 6.08 Å². The molecule has 0 atom stereocenters. The number of cyclic esters (lactones) is 1. The highest BCUT2D eigenvalue weighted by atomic mass is 127. The first-order valence-corrected chi connectivity index (χ1v) is 10.3. The van der Waals surface area contributed by atoms with E-state index >= 15 is 0 Å². The van der Waals surface area contributed by atoms with E-state index in [2.05, 4.69) is 27.6 Å². The van der Waals surface area contributed by atoms with Crippen LogP contribution in [0.4, 0.5) is 0 Å². The summed E-state index contributed by atoms with van der Waals surface area (Å²) in [7, 11) is 0. The smallest absolute Gasteiger partial charge is 0.363 e. The van der Waals surface area contributed by atoms with Crippen molar-refractivity contribution in [3.63, 3.8) is 0 Å². The molecule has 30 heavy (non-hydrogen) atoms. The highest BCUT2D eigenvalue weighted by Gasteiger charge is 2.24. The fourth-order valence-corrected chi connectivity index (χ4v) is 3.16. The lowest BCUT2D eigenvalue weighted by Crippen LogP contribution is -2.11. The van der Waals surface area contributed by atoms with Crippen molar-refractivity contribution in [2.75, 3.05) is 6.61 Å². The quantitative estimate of drug-likeness (QED) is 0.205. The molecule has 0 amide bonds. The van der Waals surface area contributed by atoms with Crippen LogP contribution in [-0.2, 0) is 9.53 Å². The van der Waals surface area contributed by atoms with Crippen molar-refractivity contribution in [1.29, 1.82) is 0 Å². The Morgan fingerprint density at radius 3 is 2.37 bits per heavy atom. The topological polar surface area (TPSA) is 65.0 Å². The number of ketones is 1. The Morgan fingerprint density at radius 2 is 1.67 bits per heavy atom. The third kappa shape index (κ3) is 4.83. The summed E-state index contributed by atoms with van der Waals surface area (Å²) in [6.45, 7) is -0.0412. The summed E-state index contributed by atoms with van der Waals surface area (Å²) in [6.07, 6.45) is 1.65. The number of esters is 1. The Morgan fingerprint density at radius 1 is 0.967 bits per heavy atom. The summed E-state index contributed by atoms with van der Waals surface area (Å²) in [5, 5.41) is 0. The number of Topliss-reactive ketones (excluding diaryl/α,β-unsaturated/α-hetero) is 1. The van der Waals surface area contributed by atoms with E-state index in [0.29, 0.717) is 17.2 Å². The van der Waals surface area contributed by atoms with Gasteiger partial charge in [0.15, 0.2) is 18.1 Å². The minimum absolute atomic E-state index is 0.0412. The van der Waals surface area contributed by atoms with Gasteiger partial charge < -0.3 is 9.47 Å². The lowest BCUT2D eigenvalue weighted by Gasteiger charge is -2.06. The number of hydrogen-bond acceptors (Lipinski definition) is 5. The summed E-state index contributed by atoms with van der Waals surface area (Å²) in [4.78, 5) is 28.6. The van der Waals surface area contributed by atoms with E-state index in [9.17, 15) is 9.59 Å². The maximum Gasteiger partial charge on any atom is 0.363 e. The van der Waals surface area contributed by atoms with Crippen molar-refractivity contribution in [2.45, 2.75) is 0 Å². The molecule has 0 fully saturated rings. The fourth-order valence-electron chi connectivity index (χ4n) is 2.80. The third-order valence-corrected chi connectivity index (χ3v) is 5.08. The van der Waals surface area contributed by atoms with Crippen LogP contribution in [0.3, 0.4) is 0 Å². The lowest BCUT2D eigenvalue weighted by atomic mass is 10.1. The molecule has 6 heteroatoms. The van der Waals surface area contributed by atoms with Gasteiger partial charge in [-0.05, 0) is 70.6 Å². The Labute approximate surface area is 187 Å². The number of hydrogen-bond donors (Lipinski definition) is 0. The predicted molar refractivity (Wildman–Crippen MR) is 122 cm³/mol. The van der Waals surface area contributed by atoms with Crippen LogP contribution in [0.2, 0.25) is 0 Å². The second-order valence-corrected chi connectivity index (χ2v) is 7.74. The van der Waals surface area contributed by atoms with E-state index in [1.165, 1.54) is 0 Å². The molecule has 0 saturated heterocycles. The summed E-state index contributed by atoms with van der Waals surface area (Å²) in [6, 6.07) is 23.7. The third-order valence-electron chi connectivity index (χ3n) is 4.36. The van der Waals surface area contributed by atoms with Crippen LogP contribution in [-0.4, -0.2) is 24.3 Å². The number of carbonyl (C=O) groups is 2. The van der Waals surface area contributed by atoms with Crippen molar-refractivity contribution in [3.8, 4) is 5.75 Å². The summed E-state index contributed by atoms with van der Waals surface area (Å²) >= 11 is 2.21. The number of ether oxygens (including phenoxy) is 2. The molecule has 3 aromatic rings. The number of aliphatic imine (C=N–C) groups is 1. The monoisotopic (exact) mass is 509 g/mol. The number of rotatable bonds is 6.